The summed E-state index contributed by atoms with van der Waals surface area (Å²) in [4.78, 5) is 3.60. The molecule has 1 rings (SSSR count). The lowest BCUT2D eigenvalue weighted by atomic mass is 10.2. The van der Waals surface area contributed by atoms with Crippen molar-refractivity contribution < 1.29 is 4.74 Å². The first-order valence-corrected chi connectivity index (χ1v) is 6.94. The van der Waals surface area contributed by atoms with Crippen molar-refractivity contribution in [2.75, 3.05) is 33.9 Å². The van der Waals surface area contributed by atoms with Gasteiger partial charge in [0.15, 0.2) is 0 Å². The normalized spacial score (nSPS) is 13.3. The van der Waals surface area contributed by atoms with Crippen molar-refractivity contribution >= 4 is 27.3 Å². The van der Waals surface area contributed by atoms with Crippen LogP contribution in [0.2, 0.25) is 0 Å². The number of halogens is 1. The largest absolute Gasteiger partial charge is 0.385 e. The van der Waals surface area contributed by atoms with Gasteiger partial charge in [-0.15, -0.1) is 11.3 Å². The molecule has 0 aliphatic heterocycles. The second-order valence-corrected chi connectivity index (χ2v) is 6.21. The van der Waals surface area contributed by atoms with Crippen molar-refractivity contribution in [3.63, 3.8) is 0 Å². The molecule has 1 unspecified atom stereocenters. The maximum atomic E-state index is 5.84. The summed E-state index contributed by atoms with van der Waals surface area (Å²) < 4.78 is 6.21. The van der Waals surface area contributed by atoms with Gasteiger partial charge in [0.25, 0.3) is 0 Å². The summed E-state index contributed by atoms with van der Waals surface area (Å²) in [6.07, 6.45) is 1.04. The molecule has 0 spiro atoms. The third-order valence-corrected chi connectivity index (χ3v) is 4.26. The van der Waals surface area contributed by atoms with Gasteiger partial charge >= 0.3 is 0 Å². The summed E-state index contributed by atoms with van der Waals surface area (Å²) >= 11 is 5.23. The van der Waals surface area contributed by atoms with E-state index in [9.17, 15) is 0 Å². The maximum absolute atomic E-state index is 5.84. The van der Waals surface area contributed by atoms with E-state index in [0.29, 0.717) is 12.6 Å². The molecule has 0 aliphatic carbocycles. The van der Waals surface area contributed by atoms with Gasteiger partial charge in [0, 0.05) is 31.7 Å². The molecular formula is C11H19BrN2OS. The van der Waals surface area contributed by atoms with Gasteiger partial charge in [-0.3, -0.25) is 4.90 Å². The van der Waals surface area contributed by atoms with Gasteiger partial charge in [0.05, 0.1) is 9.83 Å². The lowest BCUT2D eigenvalue weighted by molar-refractivity contribution is 0.167. The molecule has 16 heavy (non-hydrogen) atoms. The number of likely N-dealkylation sites (N-methyl/N-ethyl adjacent to an activating group) is 1. The molecule has 0 bridgehead atoms. The topological polar surface area (TPSA) is 38.5 Å². The highest BCUT2D eigenvalue weighted by atomic mass is 79.9. The maximum Gasteiger partial charge on any atom is 0.0702 e. The van der Waals surface area contributed by atoms with E-state index in [2.05, 4.69) is 40.0 Å². The van der Waals surface area contributed by atoms with Crippen LogP contribution in [-0.4, -0.2) is 38.8 Å². The highest BCUT2D eigenvalue weighted by molar-refractivity contribution is 9.11. The summed E-state index contributed by atoms with van der Waals surface area (Å²) in [5.74, 6) is 0. The third kappa shape index (κ3) is 4.14. The minimum atomic E-state index is 0.313. The van der Waals surface area contributed by atoms with Crippen LogP contribution in [0, 0.1) is 0 Å². The Bertz CT molecular complexity index is 306. The van der Waals surface area contributed by atoms with Crippen LogP contribution in [0.4, 0.5) is 0 Å². The lowest BCUT2D eigenvalue weighted by Crippen LogP contribution is -2.31. The summed E-state index contributed by atoms with van der Waals surface area (Å²) in [5.41, 5.74) is 5.84. The Kier molecular flexibility index (Phi) is 6.53. The molecule has 0 radical (unpaired) electrons. The monoisotopic (exact) mass is 306 g/mol. The van der Waals surface area contributed by atoms with E-state index in [0.717, 1.165) is 23.4 Å². The van der Waals surface area contributed by atoms with Gasteiger partial charge in [0.2, 0.25) is 0 Å². The Hall–Kier alpha value is 0.0600. The molecule has 92 valence electrons. The summed E-state index contributed by atoms with van der Waals surface area (Å²) in [6, 6.07) is 4.53. The van der Waals surface area contributed by atoms with Crippen LogP contribution >= 0.6 is 27.3 Å². The first-order valence-electron chi connectivity index (χ1n) is 5.33. The van der Waals surface area contributed by atoms with Crippen LogP contribution in [0.25, 0.3) is 0 Å². The van der Waals surface area contributed by atoms with Crippen molar-refractivity contribution in [1.29, 1.82) is 0 Å². The van der Waals surface area contributed by atoms with E-state index in [1.54, 1.807) is 18.4 Å². The number of hydrogen-bond donors (Lipinski definition) is 1. The van der Waals surface area contributed by atoms with E-state index >= 15 is 0 Å². The quantitative estimate of drug-likeness (QED) is 0.787. The molecule has 0 aliphatic rings. The lowest BCUT2D eigenvalue weighted by Gasteiger charge is -2.25. The molecule has 0 saturated carbocycles. The molecule has 0 aromatic carbocycles. The molecule has 2 N–H and O–H groups in total. The van der Waals surface area contributed by atoms with Crippen molar-refractivity contribution in [1.82, 2.24) is 4.90 Å². The smallest absolute Gasteiger partial charge is 0.0702 e. The van der Waals surface area contributed by atoms with Crippen LogP contribution in [0.5, 0.6) is 0 Å². The fourth-order valence-electron chi connectivity index (χ4n) is 1.63. The average molecular weight is 307 g/mol. The van der Waals surface area contributed by atoms with Crippen LogP contribution in [0.3, 0.4) is 0 Å². The first-order chi connectivity index (χ1) is 7.69. The molecule has 0 fully saturated rings. The molecule has 0 amide bonds. The predicted molar refractivity (Wildman–Crippen MR) is 72.9 cm³/mol. The van der Waals surface area contributed by atoms with Gasteiger partial charge in [-0.1, -0.05) is 0 Å². The number of rotatable bonds is 7. The van der Waals surface area contributed by atoms with Crippen LogP contribution in [-0.2, 0) is 4.74 Å². The van der Waals surface area contributed by atoms with E-state index in [1.807, 2.05) is 0 Å². The summed E-state index contributed by atoms with van der Waals surface area (Å²) in [7, 11) is 3.84. The molecule has 1 aromatic rings. The Morgan fingerprint density at radius 3 is 2.81 bits per heavy atom. The van der Waals surface area contributed by atoms with E-state index in [1.165, 1.54) is 4.88 Å². The van der Waals surface area contributed by atoms with Gasteiger partial charge in [-0.2, -0.15) is 0 Å². The number of nitrogens with two attached hydrogens (primary N) is 1. The number of hydrogen-bond acceptors (Lipinski definition) is 4. The van der Waals surface area contributed by atoms with E-state index < -0.39 is 0 Å². The van der Waals surface area contributed by atoms with Crippen LogP contribution in [0.1, 0.15) is 17.3 Å². The number of thiophene rings is 1. The van der Waals surface area contributed by atoms with Crippen LogP contribution in [0.15, 0.2) is 15.9 Å². The second-order valence-electron chi connectivity index (χ2n) is 3.72. The van der Waals surface area contributed by atoms with Gasteiger partial charge in [-0.05, 0) is 41.5 Å². The average Bonchev–Trinajstić information content (AvgIpc) is 2.66. The Balaban J connectivity index is 2.53. The van der Waals surface area contributed by atoms with Gasteiger partial charge in [-0.25, -0.2) is 0 Å². The highest BCUT2D eigenvalue weighted by Crippen LogP contribution is 2.29. The van der Waals surface area contributed by atoms with E-state index in [4.69, 9.17) is 10.5 Å². The van der Waals surface area contributed by atoms with Crippen LogP contribution < -0.4 is 5.73 Å². The fourth-order valence-corrected chi connectivity index (χ4v) is 3.24. The molecule has 1 heterocycles. The standard InChI is InChI=1S/C11H19BrN2OS/c1-14(6-3-7-15-2)9(8-13)10-4-5-11(12)16-10/h4-5,9H,3,6-8,13H2,1-2H3. The Morgan fingerprint density at radius 1 is 1.56 bits per heavy atom. The van der Waals surface area contributed by atoms with Gasteiger partial charge in [0.1, 0.15) is 0 Å². The van der Waals surface area contributed by atoms with Crippen molar-refractivity contribution in [2.45, 2.75) is 12.5 Å². The zero-order valence-electron chi connectivity index (χ0n) is 9.78. The summed E-state index contributed by atoms with van der Waals surface area (Å²) in [5, 5.41) is 0. The van der Waals surface area contributed by atoms with Gasteiger partial charge < -0.3 is 10.5 Å². The molecule has 1 atom stereocenters. The first kappa shape index (κ1) is 14.1. The fraction of sp³-hybridized carbons (Fsp3) is 0.636. The molecule has 5 heteroatoms. The molecule has 0 saturated heterocycles. The third-order valence-electron chi connectivity index (χ3n) is 2.54. The second kappa shape index (κ2) is 7.40. The minimum Gasteiger partial charge on any atom is -0.385 e. The number of methoxy groups -OCH3 is 1. The van der Waals surface area contributed by atoms with Crippen molar-refractivity contribution in [2.24, 2.45) is 5.73 Å². The Labute approximate surface area is 110 Å². The predicted octanol–water partition coefficient (Wildman–Crippen LogP) is 2.48. The number of ether oxygens (including phenoxy) is 1. The van der Waals surface area contributed by atoms with Crippen molar-refractivity contribution in [3.05, 3.63) is 20.8 Å². The molecule has 3 nitrogen and oxygen atoms in total. The zero-order valence-corrected chi connectivity index (χ0v) is 12.2. The minimum absolute atomic E-state index is 0.313. The SMILES string of the molecule is COCCCN(C)C(CN)c1ccc(Br)s1. The summed E-state index contributed by atoms with van der Waals surface area (Å²) in [6.45, 7) is 2.46. The number of nitrogens with zero attached hydrogens (tertiary/aromatic N) is 1. The molecular weight excluding hydrogens is 288 g/mol. The molecule has 1 aromatic heterocycles. The zero-order chi connectivity index (χ0) is 12.0. The Morgan fingerprint density at radius 2 is 2.31 bits per heavy atom. The van der Waals surface area contributed by atoms with Crippen molar-refractivity contribution in [3.8, 4) is 0 Å². The highest BCUT2D eigenvalue weighted by Gasteiger charge is 2.16. The van der Waals surface area contributed by atoms with E-state index in [-0.39, 0.29) is 0 Å².